The molecule has 0 saturated heterocycles. The lowest BCUT2D eigenvalue weighted by Gasteiger charge is -2.05. The second-order valence-corrected chi connectivity index (χ2v) is 6.86. The first-order valence-electron chi connectivity index (χ1n) is 5.42. The van der Waals surface area contributed by atoms with Crippen molar-refractivity contribution in [2.45, 2.75) is 11.1 Å². The lowest BCUT2D eigenvalue weighted by atomic mass is 10.4. The number of rotatable bonds is 4. The molecule has 0 spiro atoms. The van der Waals surface area contributed by atoms with E-state index in [2.05, 4.69) is 15.3 Å². The number of carbonyl (C=O) groups excluding carboxylic acids is 1. The number of thioether (sulfide) groups is 1. The Bertz CT molecular complexity index is 647. The Morgan fingerprint density at radius 1 is 1.55 bits per heavy atom. The molecule has 0 aliphatic carbocycles. The van der Waals surface area contributed by atoms with Gasteiger partial charge in [0.05, 0.1) is 25.7 Å². The summed E-state index contributed by atoms with van der Waals surface area (Å²) in [5.74, 6) is 0.309. The Morgan fingerprint density at radius 2 is 2.30 bits per heavy atom. The van der Waals surface area contributed by atoms with Gasteiger partial charge in [-0.1, -0.05) is 34.5 Å². The van der Waals surface area contributed by atoms with E-state index in [1.807, 2.05) is 6.92 Å². The molecule has 9 heteroatoms. The molecule has 2 aromatic rings. The molecule has 0 saturated carbocycles. The van der Waals surface area contributed by atoms with Crippen LogP contribution >= 0.6 is 46.3 Å². The van der Waals surface area contributed by atoms with Crippen molar-refractivity contribution in [1.82, 2.24) is 9.97 Å². The van der Waals surface area contributed by atoms with Crippen LogP contribution in [-0.2, 0) is 4.79 Å². The van der Waals surface area contributed by atoms with E-state index in [9.17, 15) is 4.79 Å². The Morgan fingerprint density at radius 3 is 2.90 bits per heavy atom. The van der Waals surface area contributed by atoms with Gasteiger partial charge in [-0.2, -0.15) is 0 Å². The van der Waals surface area contributed by atoms with Gasteiger partial charge in [-0.05, 0) is 13.0 Å². The number of nitrogens with two attached hydrogens (primary N) is 1. The highest BCUT2D eigenvalue weighted by molar-refractivity contribution is 8.01. The van der Waals surface area contributed by atoms with E-state index >= 15 is 0 Å². The molecule has 0 fully saturated rings. The third kappa shape index (κ3) is 3.99. The molecule has 106 valence electrons. The molecule has 1 amide bonds. The second kappa shape index (κ2) is 6.62. The van der Waals surface area contributed by atoms with Crippen molar-refractivity contribution in [3.05, 3.63) is 28.0 Å². The van der Waals surface area contributed by atoms with Gasteiger partial charge in [0.2, 0.25) is 5.91 Å². The van der Waals surface area contributed by atoms with E-state index in [1.54, 1.807) is 0 Å². The number of nitrogens with one attached hydrogen (secondary N) is 1. The quantitative estimate of drug-likeness (QED) is 0.826. The second-order valence-electron chi connectivity index (χ2n) is 3.75. The maximum atomic E-state index is 11.8. The summed E-state index contributed by atoms with van der Waals surface area (Å²) in [5, 5.41) is 3.83. The number of hydrogen-bond donors (Lipinski definition) is 2. The van der Waals surface area contributed by atoms with Gasteiger partial charge in [-0.25, -0.2) is 9.97 Å². The summed E-state index contributed by atoms with van der Waals surface area (Å²) in [6.07, 6.45) is 1.42. The number of amides is 1. The van der Waals surface area contributed by atoms with Crippen LogP contribution in [0.25, 0.3) is 0 Å². The van der Waals surface area contributed by atoms with E-state index < -0.39 is 0 Å². The average Bonchev–Trinajstić information content (AvgIpc) is 2.69. The summed E-state index contributed by atoms with van der Waals surface area (Å²) in [5.41, 5.74) is 6.42. The molecular weight excluding hydrogens is 339 g/mol. The molecule has 20 heavy (non-hydrogen) atoms. The number of aromatic nitrogens is 2. The van der Waals surface area contributed by atoms with Crippen molar-refractivity contribution in [3.8, 4) is 0 Å². The molecule has 0 radical (unpaired) electrons. The van der Waals surface area contributed by atoms with Crippen LogP contribution in [0, 0.1) is 6.92 Å². The van der Waals surface area contributed by atoms with Crippen molar-refractivity contribution in [2.75, 3.05) is 16.8 Å². The van der Waals surface area contributed by atoms with Crippen molar-refractivity contribution < 1.29 is 4.79 Å². The maximum Gasteiger partial charge on any atom is 0.235 e. The first-order valence-corrected chi connectivity index (χ1v) is 7.98. The molecule has 2 rings (SSSR count). The van der Waals surface area contributed by atoms with Gasteiger partial charge in [0.25, 0.3) is 0 Å². The minimum atomic E-state index is -0.210. The monoisotopic (exact) mass is 348 g/mol. The summed E-state index contributed by atoms with van der Waals surface area (Å²) in [7, 11) is 0. The summed E-state index contributed by atoms with van der Waals surface area (Å²) in [4.78, 5) is 19.9. The number of carbonyl (C=O) groups is 1. The zero-order valence-electron chi connectivity index (χ0n) is 10.3. The highest BCUT2D eigenvalue weighted by Crippen LogP contribution is 2.30. The fraction of sp³-hybridized carbons (Fsp3) is 0.182. The largest absolute Gasteiger partial charge is 0.375 e. The van der Waals surface area contributed by atoms with Gasteiger partial charge < -0.3 is 11.1 Å². The van der Waals surface area contributed by atoms with Crippen molar-refractivity contribution >= 4 is 63.2 Å². The van der Waals surface area contributed by atoms with Crippen LogP contribution in [0.2, 0.25) is 10.0 Å². The number of thiazole rings is 1. The Balaban J connectivity index is 1.94. The molecule has 0 bridgehead atoms. The van der Waals surface area contributed by atoms with E-state index in [0.717, 1.165) is 9.90 Å². The van der Waals surface area contributed by atoms with Crippen molar-refractivity contribution in [1.29, 1.82) is 0 Å². The summed E-state index contributed by atoms with van der Waals surface area (Å²) in [6.45, 7) is 1.85. The van der Waals surface area contributed by atoms with Crippen LogP contribution in [0.1, 0.15) is 5.69 Å². The van der Waals surface area contributed by atoms with Gasteiger partial charge in [-0.15, -0.1) is 11.8 Å². The normalized spacial score (nSPS) is 10.6. The van der Waals surface area contributed by atoms with Crippen LogP contribution in [-0.4, -0.2) is 21.6 Å². The molecule has 0 aliphatic heterocycles. The molecule has 0 aliphatic rings. The van der Waals surface area contributed by atoms with Crippen LogP contribution in [0.4, 0.5) is 10.9 Å². The lowest BCUT2D eigenvalue weighted by Crippen LogP contribution is -2.15. The third-order valence-electron chi connectivity index (χ3n) is 2.17. The number of nitrogen functional groups attached to an aromatic ring is 1. The standard InChI is InChI=1S/C11H10Cl2N4OS2/c1-5-10(20-11(14)16-5)19-4-8(18)17-9-7(13)2-6(12)3-15-9/h2-3H,4H2,1H3,(H2,14,16)(H,15,17,18). The Kier molecular flexibility index (Phi) is 5.09. The minimum Gasteiger partial charge on any atom is -0.375 e. The number of hydrogen-bond acceptors (Lipinski definition) is 6. The van der Waals surface area contributed by atoms with Crippen molar-refractivity contribution in [2.24, 2.45) is 0 Å². The summed E-state index contributed by atoms with van der Waals surface area (Å²) >= 11 is 14.4. The summed E-state index contributed by atoms with van der Waals surface area (Å²) in [6, 6.07) is 1.52. The molecule has 0 aromatic carbocycles. The molecule has 3 N–H and O–H groups in total. The average molecular weight is 349 g/mol. The SMILES string of the molecule is Cc1nc(N)sc1SCC(=O)Nc1ncc(Cl)cc1Cl. The van der Waals surface area contributed by atoms with E-state index in [0.29, 0.717) is 21.0 Å². The van der Waals surface area contributed by atoms with Gasteiger partial charge in [0.15, 0.2) is 10.9 Å². The Hall–Kier alpha value is -1.02. The zero-order valence-corrected chi connectivity index (χ0v) is 13.5. The Labute approximate surface area is 133 Å². The molecule has 2 heterocycles. The number of pyridine rings is 1. The molecule has 0 unspecified atom stereocenters. The smallest absolute Gasteiger partial charge is 0.235 e. The number of anilines is 2. The highest BCUT2D eigenvalue weighted by Gasteiger charge is 2.11. The van der Waals surface area contributed by atoms with E-state index in [1.165, 1.54) is 35.4 Å². The van der Waals surface area contributed by atoms with Gasteiger partial charge >= 0.3 is 0 Å². The van der Waals surface area contributed by atoms with Gasteiger partial charge in [0, 0.05) is 6.20 Å². The van der Waals surface area contributed by atoms with Crippen molar-refractivity contribution in [3.63, 3.8) is 0 Å². The maximum absolute atomic E-state index is 11.8. The fourth-order valence-electron chi connectivity index (χ4n) is 1.34. The molecule has 0 atom stereocenters. The van der Waals surface area contributed by atoms with E-state index in [4.69, 9.17) is 28.9 Å². The lowest BCUT2D eigenvalue weighted by molar-refractivity contribution is -0.113. The predicted molar refractivity (Wildman–Crippen MR) is 84.9 cm³/mol. The first kappa shape index (κ1) is 15.4. The fourth-order valence-corrected chi connectivity index (χ4v) is 3.59. The molecule has 2 aromatic heterocycles. The third-order valence-corrected chi connectivity index (χ3v) is 5.01. The topological polar surface area (TPSA) is 80.9 Å². The van der Waals surface area contributed by atoms with Crippen LogP contribution in [0.5, 0.6) is 0 Å². The predicted octanol–water partition coefficient (Wildman–Crippen LogP) is 3.47. The van der Waals surface area contributed by atoms with Gasteiger partial charge in [0.1, 0.15) is 0 Å². The first-order chi connectivity index (χ1) is 9.45. The molecular formula is C11H10Cl2N4OS2. The zero-order chi connectivity index (χ0) is 14.7. The van der Waals surface area contributed by atoms with Crippen LogP contribution < -0.4 is 11.1 Å². The number of aryl methyl sites for hydroxylation is 1. The van der Waals surface area contributed by atoms with Crippen LogP contribution in [0.15, 0.2) is 16.5 Å². The van der Waals surface area contributed by atoms with Gasteiger partial charge in [-0.3, -0.25) is 4.79 Å². The number of nitrogens with zero attached hydrogens (tertiary/aromatic N) is 2. The minimum absolute atomic E-state index is 0.210. The highest BCUT2D eigenvalue weighted by atomic mass is 35.5. The number of halogens is 2. The van der Waals surface area contributed by atoms with Crippen LogP contribution in [0.3, 0.4) is 0 Å². The molecule has 5 nitrogen and oxygen atoms in total. The summed E-state index contributed by atoms with van der Waals surface area (Å²) < 4.78 is 0.924. The van der Waals surface area contributed by atoms with E-state index in [-0.39, 0.29) is 11.7 Å².